The van der Waals surface area contributed by atoms with Crippen molar-refractivity contribution in [3.05, 3.63) is 131 Å². The number of aliphatic carboxylic acids is 2. The maximum Gasteiger partial charge on any atom is 0.305 e. The van der Waals surface area contributed by atoms with Gasteiger partial charge in [0, 0.05) is 41.0 Å². The van der Waals surface area contributed by atoms with Gasteiger partial charge in [0.05, 0.1) is 18.9 Å². The summed E-state index contributed by atoms with van der Waals surface area (Å²) in [6.45, 7) is 9.55. The van der Waals surface area contributed by atoms with Crippen molar-refractivity contribution in [3.63, 3.8) is 0 Å². The van der Waals surface area contributed by atoms with Crippen molar-refractivity contribution in [1.29, 1.82) is 0 Å². The van der Waals surface area contributed by atoms with Gasteiger partial charge in [0.1, 0.15) is 0 Å². The van der Waals surface area contributed by atoms with Gasteiger partial charge in [0.15, 0.2) is 0 Å². The van der Waals surface area contributed by atoms with Crippen LogP contribution in [0.15, 0.2) is 114 Å². The van der Waals surface area contributed by atoms with Gasteiger partial charge in [-0.05, 0) is 48.2 Å². The molecule has 2 heterocycles. The van der Waals surface area contributed by atoms with Crippen LogP contribution in [0.25, 0.3) is 0 Å². The Kier molecular flexibility index (Phi) is 8.82. The molecule has 0 amide bonds. The normalized spacial score (nSPS) is 21.6. The molecule has 44 heavy (non-hydrogen) atoms. The van der Waals surface area contributed by atoms with Crippen molar-refractivity contribution < 1.29 is 19.8 Å². The summed E-state index contributed by atoms with van der Waals surface area (Å²) in [5, 5.41) is 19.0. The van der Waals surface area contributed by atoms with Gasteiger partial charge in [0.2, 0.25) is 0 Å². The fourth-order valence-corrected chi connectivity index (χ4v) is 6.97. The molecule has 228 valence electrons. The van der Waals surface area contributed by atoms with Crippen LogP contribution < -0.4 is 9.80 Å². The molecule has 0 saturated heterocycles. The molecule has 0 saturated carbocycles. The molecule has 2 aliphatic rings. The number of carbonyl (C=O) groups is 2. The Bertz CT molecular complexity index is 1620. The molecule has 2 aliphatic heterocycles. The maximum absolute atomic E-state index is 11.7. The minimum atomic E-state index is -0.815. The lowest BCUT2D eigenvalue weighted by atomic mass is 9.73. The number of fused-ring (bicyclic) bond motifs is 2. The molecule has 0 fully saturated rings. The Hall–Kier alpha value is -4.58. The van der Waals surface area contributed by atoms with Crippen LogP contribution in [0.2, 0.25) is 0 Å². The largest absolute Gasteiger partial charge is 0.481 e. The van der Waals surface area contributed by atoms with Crippen LogP contribution in [-0.2, 0) is 26.8 Å². The second-order valence-electron chi connectivity index (χ2n) is 12.6. The van der Waals surface area contributed by atoms with Crippen molar-refractivity contribution in [2.45, 2.75) is 63.8 Å². The Morgan fingerprint density at radius 2 is 1.39 bits per heavy atom. The average molecular weight is 591 g/mol. The first kappa shape index (κ1) is 30.9. The molecule has 0 radical (unpaired) electrons. The second-order valence-corrected chi connectivity index (χ2v) is 12.6. The molecule has 0 aliphatic carbocycles. The topological polar surface area (TPSA) is 81.1 Å². The Labute approximate surface area is 260 Å². The summed E-state index contributed by atoms with van der Waals surface area (Å²) in [6.07, 6.45) is 9.53. The fourth-order valence-electron chi connectivity index (χ4n) is 6.97. The summed E-state index contributed by atoms with van der Waals surface area (Å²) >= 11 is 0. The van der Waals surface area contributed by atoms with Crippen molar-refractivity contribution in [2.75, 3.05) is 22.9 Å². The van der Waals surface area contributed by atoms with Gasteiger partial charge in [-0.25, -0.2) is 0 Å². The number of nitrogens with zero attached hydrogens (tertiary/aromatic N) is 2. The van der Waals surface area contributed by atoms with Gasteiger partial charge in [0.25, 0.3) is 0 Å². The lowest BCUT2D eigenvalue weighted by Gasteiger charge is -2.35. The van der Waals surface area contributed by atoms with E-state index in [9.17, 15) is 19.8 Å². The third-order valence-corrected chi connectivity index (χ3v) is 9.19. The monoisotopic (exact) mass is 590 g/mol. The van der Waals surface area contributed by atoms with Crippen LogP contribution in [0.3, 0.4) is 0 Å². The van der Waals surface area contributed by atoms with Crippen molar-refractivity contribution >= 4 is 23.3 Å². The highest BCUT2D eigenvalue weighted by atomic mass is 16.4. The lowest BCUT2D eigenvalue weighted by molar-refractivity contribution is -0.137. The number of carboxylic acids is 2. The third-order valence-electron chi connectivity index (χ3n) is 9.19. The number of hydrogen-bond acceptors (Lipinski definition) is 4. The van der Waals surface area contributed by atoms with Crippen molar-refractivity contribution in [3.8, 4) is 0 Å². The zero-order valence-corrected chi connectivity index (χ0v) is 26.0. The number of rotatable bonds is 11. The van der Waals surface area contributed by atoms with E-state index in [2.05, 4.69) is 116 Å². The van der Waals surface area contributed by atoms with E-state index in [0.29, 0.717) is 13.1 Å². The summed E-state index contributed by atoms with van der Waals surface area (Å²) in [4.78, 5) is 27.5. The number of carboxylic acid groups (broad SMARTS) is 2. The van der Waals surface area contributed by atoms with Gasteiger partial charge in [-0.15, -0.1) is 0 Å². The number of anilines is 2. The second kappa shape index (κ2) is 12.6. The minimum absolute atomic E-state index is 0.0466. The highest BCUT2D eigenvalue weighted by Crippen LogP contribution is 2.49. The smallest absolute Gasteiger partial charge is 0.305 e. The summed E-state index contributed by atoms with van der Waals surface area (Å²) in [7, 11) is 0. The SMILES string of the molecule is CC(C=CC1N(CCC(=O)O)c2ccccc2C1(C)Cc1ccccc1)=CC=C1N(CCC(=O)O)c2ccccc2C1(C)C. The van der Waals surface area contributed by atoms with Gasteiger partial charge in [-0.2, -0.15) is 0 Å². The summed E-state index contributed by atoms with van der Waals surface area (Å²) < 4.78 is 0. The zero-order valence-electron chi connectivity index (χ0n) is 26.0. The van der Waals surface area contributed by atoms with Gasteiger partial charge in [-0.1, -0.05) is 111 Å². The molecule has 5 rings (SSSR count). The standard InChI is InChI=1S/C38H42N2O4/c1-27(18-20-33-37(2,3)29-14-8-10-16-31(29)39(33)24-22-35(41)42)19-21-34-38(4,26-28-12-6-5-7-13-28)30-15-9-11-17-32(30)40(34)25-23-36(43)44/h5-21,34H,22-26H2,1-4H3,(H,41,42)(H,43,44). The fraction of sp³-hybridized carbons (Fsp3) is 0.316. The van der Waals surface area contributed by atoms with E-state index in [4.69, 9.17) is 0 Å². The molecule has 0 bridgehead atoms. The van der Waals surface area contributed by atoms with E-state index in [-0.39, 0.29) is 29.7 Å². The molecule has 6 heteroatoms. The first-order chi connectivity index (χ1) is 21.0. The number of para-hydroxylation sites is 2. The lowest BCUT2D eigenvalue weighted by Crippen LogP contribution is -2.44. The summed E-state index contributed by atoms with van der Waals surface area (Å²) in [5.41, 5.74) is 7.38. The predicted molar refractivity (Wildman–Crippen MR) is 177 cm³/mol. The average Bonchev–Trinajstić information content (AvgIpc) is 3.36. The molecule has 3 aromatic rings. The predicted octanol–water partition coefficient (Wildman–Crippen LogP) is 7.51. The highest BCUT2D eigenvalue weighted by Gasteiger charge is 2.46. The molecule has 2 atom stereocenters. The Balaban J connectivity index is 1.50. The van der Waals surface area contributed by atoms with Crippen molar-refractivity contribution in [2.24, 2.45) is 0 Å². The van der Waals surface area contributed by atoms with Gasteiger partial charge < -0.3 is 20.0 Å². The Morgan fingerprint density at radius 3 is 2.07 bits per heavy atom. The van der Waals surface area contributed by atoms with Crippen LogP contribution in [0, 0.1) is 0 Å². The van der Waals surface area contributed by atoms with E-state index in [1.54, 1.807) is 0 Å². The minimum Gasteiger partial charge on any atom is -0.481 e. The van der Waals surface area contributed by atoms with E-state index in [1.165, 1.54) is 16.7 Å². The molecule has 6 nitrogen and oxygen atoms in total. The zero-order chi connectivity index (χ0) is 31.5. The van der Waals surface area contributed by atoms with Crippen LogP contribution in [0.4, 0.5) is 11.4 Å². The maximum atomic E-state index is 11.7. The molecule has 0 spiro atoms. The number of benzene rings is 3. The first-order valence-electron chi connectivity index (χ1n) is 15.3. The molecule has 3 aromatic carbocycles. The third kappa shape index (κ3) is 6.07. The van der Waals surface area contributed by atoms with Crippen LogP contribution >= 0.6 is 0 Å². The molecule has 0 aromatic heterocycles. The van der Waals surface area contributed by atoms with Gasteiger partial charge >= 0.3 is 11.9 Å². The quantitative estimate of drug-likeness (QED) is 0.225. The van der Waals surface area contributed by atoms with E-state index in [1.807, 2.05) is 24.3 Å². The van der Waals surface area contributed by atoms with E-state index >= 15 is 0 Å². The molecule has 2 unspecified atom stereocenters. The van der Waals surface area contributed by atoms with Gasteiger partial charge in [-0.3, -0.25) is 9.59 Å². The Morgan fingerprint density at radius 1 is 0.795 bits per heavy atom. The highest BCUT2D eigenvalue weighted by molar-refractivity contribution is 5.74. The summed E-state index contributed by atoms with van der Waals surface area (Å²) in [5.74, 6) is -1.62. The number of allylic oxidation sites excluding steroid dienone is 5. The molecule has 2 N–H and O–H groups in total. The number of hydrogen-bond donors (Lipinski definition) is 2. The van der Waals surface area contributed by atoms with Crippen LogP contribution in [0.1, 0.15) is 57.2 Å². The van der Waals surface area contributed by atoms with E-state index < -0.39 is 11.9 Å². The first-order valence-corrected chi connectivity index (χ1v) is 15.3. The van der Waals surface area contributed by atoms with Crippen LogP contribution in [0.5, 0.6) is 0 Å². The van der Waals surface area contributed by atoms with Crippen LogP contribution in [-0.4, -0.2) is 41.3 Å². The molecular weight excluding hydrogens is 548 g/mol. The van der Waals surface area contributed by atoms with Crippen molar-refractivity contribution in [1.82, 2.24) is 0 Å². The molecular formula is C38H42N2O4. The summed E-state index contributed by atoms with van der Waals surface area (Å²) in [6, 6.07) is 27.0. The van der Waals surface area contributed by atoms with E-state index in [0.717, 1.165) is 29.1 Å².